The summed E-state index contributed by atoms with van der Waals surface area (Å²) < 4.78 is 27.2. The van der Waals surface area contributed by atoms with Gasteiger partial charge in [0.05, 0.1) is 11.1 Å². The summed E-state index contributed by atoms with van der Waals surface area (Å²) in [6, 6.07) is 3.30. The van der Waals surface area contributed by atoms with Gasteiger partial charge in [0.1, 0.15) is 11.6 Å². The molecule has 2 rings (SSSR count). The highest BCUT2D eigenvalue weighted by Gasteiger charge is 2.19. The van der Waals surface area contributed by atoms with Crippen molar-refractivity contribution in [2.24, 2.45) is 5.84 Å². The molecule has 96 valence electrons. The Morgan fingerprint density at radius 3 is 2.56 bits per heavy atom. The molecule has 2 nitrogen and oxygen atoms in total. The van der Waals surface area contributed by atoms with Gasteiger partial charge in [-0.25, -0.2) is 14.2 Å². The first-order valence-corrected chi connectivity index (χ1v) is 6.44. The molecule has 3 N–H and O–H groups in total. The van der Waals surface area contributed by atoms with Crippen LogP contribution in [0.3, 0.4) is 0 Å². The molecule has 0 bridgehead atoms. The quantitative estimate of drug-likeness (QED) is 0.515. The number of hydrazine groups is 1. The third-order valence-corrected chi connectivity index (χ3v) is 3.77. The molecule has 0 radical (unpaired) electrons. The summed E-state index contributed by atoms with van der Waals surface area (Å²) >= 11 is 7.04. The highest BCUT2D eigenvalue weighted by molar-refractivity contribution is 7.10. The lowest BCUT2D eigenvalue weighted by Crippen LogP contribution is -2.29. The minimum Gasteiger partial charge on any atom is -0.271 e. The monoisotopic (exact) mass is 288 g/mol. The van der Waals surface area contributed by atoms with Crippen molar-refractivity contribution in [1.29, 1.82) is 0 Å². The van der Waals surface area contributed by atoms with E-state index in [1.165, 1.54) is 11.3 Å². The number of hydrogen-bond donors (Lipinski definition) is 2. The van der Waals surface area contributed by atoms with Crippen LogP contribution < -0.4 is 11.3 Å². The van der Waals surface area contributed by atoms with Crippen molar-refractivity contribution in [3.63, 3.8) is 0 Å². The van der Waals surface area contributed by atoms with Crippen molar-refractivity contribution in [2.75, 3.05) is 0 Å². The highest BCUT2D eigenvalue weighted by Crippen LogP contribution is 2.30. The first kappa shape index (κ1) is 13.4. The molecule has 6 heteroatoms. The molecule has 18 heavy (non-hydrogen) atoms. The van der Waals surface area contributed by atoms with E-state index in [0.29, 0.717) is 0 Å². The van der Waals surface area contributed by atoms with Gasteiger partial charge in [0.25, 0.3) is 0 Å². The van der Waals surface area contributed by atoms with Crippen molar-refractivity contribution in [3.8, 4) is 0 Å². The fraction of sp³-hybridized carbons (Fsp3) is 0.167. The standard InChI is InChI=1S/C12H11ClF2N2S/c1-6-2-7(5-18-6)12(17-16)8-3-11(15)9(13)4-10(8)14/h2-5,12,17H,16H2,1H3. The van der Waals surface area contributed by atoms with Gasteiger partial charge in [-0.05, 0) is 36.1 Å². The van der Waals surface area contributed by atoms with Crippen molar-refractivity contribution in [1.82, 2.24) is 5.43 Å². The van der Waals surface area contributed by atoms with E-state index in [9.17, 15) is 8.78 Å². The molecule has 0 amide bonds. The Bertz CT molecular complexity index is 571. The first-order valence-electron chi connectivity index (χ1n) is 5.18. The fourth-order valence-electron chi connectivity index (χ4n) is 1.74. The zero-order valence-corrected chi connectivity index (χ0v) is 11.1. The molecular formula is C12H11ClF2N2S. The first-order chi connectivity index (χ1) is 8.52. The molecule has 0 fully saturated rings. The lowest BCUT2D eigenvalue weighted by molar-refractivity contribution is 0.546. The Balaban J connectivity index is 2.48. The van der Waals surface area contributed by atoms with Crippen LogP contribution >= 0.6 is 22.9 Å². The van der Waals surface area contributed by atoms with Gasteiger partial charge in [0.15, 0.2) is 0 Å². The van der Waals surface area contributed by atoms with Crippen LogP contribution in [-0.2, 0) is 0 Å². The fourth-order valence-corrected chi connectivity index (χ4v) is 2.62. The van der Waals surface area contributed by atoms with Gasteiger partial charge in [0, 0.05) is 10.4 Å². The van der Waals surface area contributed by atoms with Gasteiger partial charge in [-0.1, -0.05) is 11.6 Å². The zero-order chi connectivity index (χ0) is 13.3. The number of nitrogens with one attached hydrogen (secondary N) is 1. The zero-order valence-electron chi connectivity index (χ0n) is 9.51. The number of thiophene rings is 1. The molecule has 1 aromatic heterocycles. The summed E-state index contributed by atoms with van der Waals surface area (Å²) in [6.45, 7) is 1.93. The number of hydrogen-bond acceptors (Lipinski definition) is 3. The second-order valence-electron chi connectivity index (χ2n) is 3.88. The molecule has 0 aliphatic heterocycles. The van der Waals surface area contributed by atoms with E-state index < -0.39 is 17.7 Å². The average Bonchev–Trinajstić information content (AvgIpc) is 2.73. The van der Waals surface area contributed by atoms with Gasteiger partial charge < -0.3 is 0 Å². The van der Waals surface area contributed by atoms with Crippen LogP contribution in [-0.4, -0.2) is 0 Å². The van der Waals surface area contributed by atoms with Crippen LogP contribution in [0.1, 0.15) is 22.0 Å². The maximum Gasteiger partial charge on any atom is 0.142 e. The van der Waals surface area contributed by atoms with E-state index in [0.717, 1.165) is 22.6 Å². The molecule has 0 saturated heterocycles. The molecule has 0 spiro atoms. The molecule has 0 saturated carbocycles. The molecular weight excluding hydrogens is 278 g/mol. The van der Waals surface area contributed by atoms with Gasteiger partial charge in [0.2, 0.25) is 0 Å². The van der Waals surface area contributed by atoms with E-state index >= 15 is 0 Å². The van der Waals surface area contributed by atoms with Crippen molar-refractivity contribution in [3.05, 3.63) is 56.2 Å². The molecule has 0 aliphatic rings. The van der Waals surface area contributed by atoms with Crippen LogP contribution in [0, 0.1) is 18.6 Å². The summed E-state index contributed by atoms with van der Waals surface area (Å²) in [5.41, 5.74) is 3.42. The lowest BCUT2D eigenvalue weighted by atomic mass is 10.0. The Hall–Kier alpha value is -1.01. The van der Waals surface area contributed by atoms with Gasteiger partial charge in [-0.2, -0.15) is 0 Å². The van der Waals surface area contributed by atoms with E-state index in [1.807, 2.05) is 18.4 Å². The molecule has 0 aliphatic carbocycles. The van der Waals surface area contributed by atoms with Crippen molar-refractivity contribution < 1.29 is 8.78 Å². The number of benzene rings is 1. The summed E-state index contributed by atoms with van der Waals surface area (Å²) in [4.78, 5) is 1.07. The van der Waals surface area contributed by atoms with E-state index in [4.69, 9.17) is 17.4 Å². The predicted molar refractivity (Wildman–Crippen MR) is 69.6 cm³/mol. The van der Waals surface area contributed by atoms with E-state index in [2.05, 4.69) is 5.43 Å². The van der Waals surface area contributed by atoms with Crippen molar-refractivity contribution >= 4 is 22.9 Å². The minimum absolute atomic E-state index is 0.136. The molecule has 1 unspecified atom stereocenters. The molecule has 1 heterocycles. The topological polar surface area (TPSA) is 38.0 Å². The van der Waals surface area contributed by atoms with Crippen LogP contribution in [0.25, 0.3) is 0 Å². The summed E-state index contributed by atoms with van der Waals surface area (Å²) in [5.74, 6) is 4.18. The Kier molecular flexibility index (Phi) is 3.97. The minimum atomic E-state index is -0.666. The van der Waals surface area contributed by atoms with E-state index in [-0.39, 0.29) is 10.6 Å². The summed E-state index contributed by atoms with van der Waals surface area (Å²) in [5, 5.41) is 1.61. The molecule has 2 aromatic rings. The number of aryl methyl sites for hydroxylation is 1. The average molecular weight is 289 g/mol. The largest absolute Gasteiger partial charge is 0.271 e. The second-order valence-corrected chi connectivity index (χ2v) is 5.40. The Morgan fingerprint density at radius 2 is 2.00 bits per heavy atom. The molecule has 1 aromatic carbocycles. The van der Waals surface area contributed by atoms with Crippen LogP contribution in [0.15, 0.2) is 23.6 Å². The van der Waals surface area contributed by atoms with Gasteiger partial charge >= 0.3 is 0 Å². The van der Waals surface area contributed by atoms with E-state index in [1.54, 1.807) is 0 Å². The number of nitrogens with two attached hydrogens (primary N) is 1. The van der Waals surface area contributed by atoms with Gasteiger partial charge in [-0.3, -0.25) is 5.84 Å². The maximum atomic E-state index is 13.8. The van der Waals surface area contributed by atoms with Crippen LogP contribution in [0.5, 0.6) is 0 Å². The van der Waals surface area contributed by atoms with Crippen LogP contribution in [0.2, 0.25) is 5.02 Å². The number of halogens is 3. The summed E-state index contributed by atoms with van der Waals surface area (Å²) in [6.07, 6.45) is 0. The number of rotatable bonds is 3. The SMILES string of the molecule is Cc1cc(C(NN)c2cc(F)c(Cl)cc2F)cs1. The lowest BCUT2D eigenvalue weighted by Gasteiger charge is -2.16. The predicted octanol–water partition coefficient (Wildman–Crippen LogP) is 3.54. The van der Waals surface area contributed by atoms with Crippen LogP contribution in [0.4, 0.5) is 8.78 Å². The molecule has 1 atom stereocenters. The second kappa shape index (κ2) is 5.32. The third-order valence-electron chi connectivity index (χ3n) is 2.60. The third kappa shape index (κ3) is 2.54. The van der Waals surface area contributed by atoms with Gasteiger partial charge in [-0.15, -0.1) is 11.3 Å². The normalized spacial score (nSPS) is 12.7. The Labute approximate surface area is 112 Å². The summed E-state index contributed by atoms with van der Waals surface area (Å²) in [7, 11) is 0. The Morgan fingerprint density at radius 1 is 1.28 bits per heavy atom. The highest BCUT2D eigenvalue weighted by atomic mass is 35.5. The maximum absolute atomic E-state index is 13.8. The van der Waals surface area contributed by atoms with Crippen molar-refractivity contribution in [2.45, 2.75) is 13.0 Å². The smallest absolute Gasteiger partial charge is 0.142 e.